The molecule has 0 spiro atoms. The summed E-state index contributed by atoms with van der Waals surface area (Å²) in [6, 6.07) is 6.22. The average Bonchev–Trinajstić information content (AvgIpc) is 2.55. The van der Waals surface area contributed by atoms with Crippen LogP contribution >= 0.6 is 0 Å². The van der Waals surface area contributed by atoms with Crippen molar-refractivity contribution in [2.24, 2.45) is 0 Å². The van der Waals surface area contributed by atoms with E-state index in [0.29, 0.717) is 0 Å². The van der Waals surface area contributed by atoms with Crippen LogP contribution in [-0.2, 0) is 9.53 Å². The zero-order valence-electron chi connectivity index (χ0n) is 12.8. The van der Waals surface area contributed by atoms with Gasteiger partial charge in [0.2, 0.25) is 0 Å². The van der Waals surface area contributed by atoms with Crippen molar-refractivity contribution in [1.29, 1.82) is 0 Å². The molecular weight excluding hydrogens is 365 g/mol. The Morgan fingerprint density at radius 3 is 2.27 bits per heavy atom. The maximum absolute atomic E-state index is 13.4. The lowest BCUT2D eigenvalue weighted by Gasteiger charge is -2.09. The van der Waals surface area contributed by atoms with Gasteiger partial charge in [-0.3, -0.25) is 4.79 Å². The highest BCUT2D eigenvalue weighted by Gasteiger charge is 2.31. The number of carbonyl (C=O) groups is 2. The Morgan fingerprint density at radius 2 is 1.65 bits per heavy atom. The van der Waals surface area contributed by atoms with Gasteiger partial charge in [0.05, 0.1) is 11.3 Å². The highest BCUT2D eigenvalue weighted by molar-refractivity contribution is 5.95. The SMILES string of the molecule is O=C(COC(=O)c1ccc(OC(F)(F)F)cc1)Nc1cc(F)ccc1F. The van der Waals surface area contributed by atoms with Gasteiger partial charge in [-0.15, -0.1) is 13.2 Å². The second-order valence-corrected chi connectivity index (χ2v) is 4.82. The van der Waals surface area contributed by atoms with Crippen molar-refractivity contribution in [1.82, 2.24) is 0 Å². The van der Waals surface area contributed by atoms with Crippen LogP contribution in [0.4, 0.5) is 27.6 Å². The largest absolute Gasteiger partial charge is 0.573 e. The number of nitrogens with one attached hydrogen (secondary N) is 1. The number of ether oxygens (including phenoxy) is 2. The van der Waals surface area contributed by atoms with Gasteiger partial charge in [0.1, 0.15) is 17.4 Å². The second-order valence-electron chi connectivity index (χ2n) is 4.82. The molecule has 0 radical (unpaired) electrons. The van der Waals surface area contributed by atoms with Crippen molar-refractivity contribution in [3.8, 4) is 5.75 Å². The summed E-state index contributed by atoms with van der Waals surface area (Å²) in [5.74, 6) is -4.13. The maximum Gasteiger partial charge on any atom is 0.573 e. The zero-order chi connectivity index (χ0) is 19.3. The van der Waals surface area contributed by atoms with Gasteiger partial charge in [-0.25, -0.2) is 13.6 Å². The predicted molar refractivity (Wildman–Crippen MR) is 78.4 cm³/mol. The molecule has 5 nitrogen and oxygen atoms in total. The summed E-state index contributed by atoms with van der Waals surface area (Å²) in [6.45, 7) is -0.810. The van der Waals surface area contributed by atoms with Gasteiger partial charge in [0.25, 0.3) is 5.91 Å². The van der Waals surface area contributed by atoms with E-state index in [-0.39, 0.29) is 5.56 Å². The van der Waals surface area contributed by atoms with Crippen LogP contribution in [-0.4, -0.2) is 24.8 Å². The molecule has 10 heteroatoms. The predicted octanol–water partition coefficient (Wildman–Crippen LogP) is 3.66. The molecule has 2 aromatic carbocycles. The van der Waals surface area contributed by atoms with E-state index in [4.69, 9.17) is 0 Å². The summed E-state index contributed by atoms with van der Waals surface area (Å²) < 4.78 is 70.7. The first kappa shape index (κ1) is 19.2. The van der Waals surface area contributed by atoms with E-state index in [0.717, 1.165) is 42.5 Å². The highest BCUT2D eigenvalue weighted by atomic mass is 19.4. The lowest BCUT2D eigenvalue weighted by Crippen LogP contribution is -2.21. The third-order valence-corrected chi connectivity index (χ3v) is 2.86. The van der Waals surface area contributed by atoms with E-state index >= 15 is 0 Å². The van der Waals surface area contributed by atoms with Gasteiger partial charge in [-0.1, -0.05) is 0 Å². The molecule has 0 aromatic heterocycles. The number of amides is 1. The van der Waals surface area contributed by atoms with Crippen LogP contribution in [0, 0.1) is 11.6 Å². The van der Waals surface area contributed by atoms with Crippen molar-refractivity contribution in [2.75, 3.05) is 11.9 Å². The number of esters is 1. The fourth-order valence-electron chi connectivity index (χ4n) is 1.79. The van der Waals surface area contributed by atoms with E-state index in [2.05, 4.69) is 9.47 Å². The molecule has 0 unspecified atom stereocenters. The summed E-state index contributed by atoms with van der Waals surface area (Å²) in [5, 5.41) is 2.02. The number of anilines is 1. The van der Waals surface area contributed by atoms with Gasteiger partial charge in [0, 0.05) is 6.07 Å². The van der Waals surface area contributed by atoms with Crippen LogP contribution in [0.1, 0.15) is 10.4 Å². The molecule has 1 N–H and O–H groups in total. The molecule has 138 valence electrons. The van der Waals surface area contributed by atoms with E-state index in [1.807, 2.05) is 5.32 Å². The monoisotopic (exact) mass is 375 g/mol. The molecular formula is C16H10F5NO4. The number of benzene rings is 2. The number of halogens is 5. The lowest BCUT2D eigenvalue weighted by molar-refractivity contribution is -0.274. The Kier molecular flexibility index (Phi) is 5.75. The molecule has 1 amide bonds. The minimum absolute atomic E-state index is 0.135. The number of carbonyl (C=O) groups excluding carboxylic acids is 2. The summed E-state index contributed by atoms with van der Waals surface area (Å²) in [5.41, 5.74) is -0.566. The molecule has 0 heterocycles. The fraction of sp³-hybridized carbons (Fsp3) is 0.125. The Morgan fingerprint density at radius 1 is 1.00 bits per heavy atom. The lowest BCUT2D eigenvalue weighted by atomic mass is 10.2. The van der Waals surface area contributed by atoms with Crippen molar-refractivity contribution in [3.63, 3.8) is 0 Å². The normalized spacial score (nSPS) is 11.0. The second kappa shape index (κ2) is 7.81. The van der Waals surface area contributed by atoms with E-state index < -0.39 is 47.9 Å². The zero-order valence-corrected chi connectivity index (χ0v) is 12.8. The van der Waals surface area contributed by atoms with Crippen LogP contribution in [0.15, 0.2) is 42.5 Å². The molecule has 0 saturated heterocycles. The number of rotatable bonds is 5. The molecule has 0 saturated carbocycles. The Bertz CT molecular complexity index is 805. The van der Waals surface area contributed by atoms with Crippen molar-refractivity contribution in [2.45, 2.75) is 6.36 Å². The summed E-state index contributed by atoms with van der Waals surface area (Å²) >= 11 is 0. The molecule has 0 aliphatic rings. The third kappa shape index (κ3) is 5.72. The molecule has 0 atom stereocenters. The van der Waals surface area contributed by atoms with Crippen molar-refractivity contribution in [3.05, 3.63) is 59.7 Å². The Labute approximate surface area is 143 Å². The topological polar surface area (TPSA) is 64.6 Å². The molecule has 0 bridgehead atoms. The molecule has 2 aromatic rings. The smallest absolute Gasteiger partial charge is 0.452 e. The van der Waals surface area contributed by atoms with Gasteiger partial charge in [-0.05, 0) is 36.4 Å². The van der Waals surface area contributed by atoms with E-state index in [1.165, 1.54) is 0 Å². The third-order valence-electron chi connectivity index (χ3n) is 2.86. The summed E-state index contributed by atoms with van der Waals surface area (Å²) in [7, 11) is 0. The van der Waals surface area contributed by atoms with E-state index in [1.54, 1.807) is 0 Å². The van der Waals surface area contributed by atoms with Crippen molar-refractivity contribution < 1.29 is 41.0 Å². The van der Waals surface area contributed by atoms with Gasteiger partial charge >= 0.3 is 12.3 Å². The first-order chi connectivity index (χ1) is 12.1. The molecule has 2 rings (SSSR count). The molecule has 0 fully saturated rings. The van der Waals surface area contributed by atoms with E-state index in [9.17, 15) is 31.5 Å². The van der Waals surface area contributed by atoms with Crippen LogP contribution in [0.25, 0.3) is 0 Å². The quantitative estimate of drug-likeness (QED) is 0.640. The first-order valence-electron chi connectivity index (χ1n) is 6.92. The van der Waals surface area contributed by atoms with Gasteiger partial charge in [-0.2, -0.15) is 0 Å². The standard InChI is InChI=1S/C16H10F5NO4/c17-10-3-6-12(18)13(7-10)22-14(23)8-25-15(24)9-1-4-11(5-2-9)26-16(19,20)21/h1-7H,8H2,(H,22,23). The fourth-order valence-corrected chi connectivity index (χ4v) is 1.79. The van der Waals surface area contributed by atoms with Crippen LogP contribution in [0.3, 0.4) is 0 Å². The first-order valence-corrected chi connectivity index (χ1v) is 6.92. The minimum Gasteiger partial charge on any atom is -0.452 e. The number of hydrogen-bond acceptors (Lipinski definition) is 4. The minimum atomic E-state index is -4.87. The number of hydrogen-bond donors (Lipinski definition) is 1. The summed E-state index contributed by atoms with van der Waals surface area (Å²) in [6.07, 6.45) is -4.87. The molecule has 0 aliphatic carbocycles. The van der Waals surface area contributed by atoms with Gasteiger partial charge in [0.15, 0.2) is 6.61 Å². The van der Waals surface area contributed by atoms with Gasteiger partial charge < -0.3 is 14.8 Å². The van der Waals surface area contributed by atoms with Crippen LogP contribution < -0.4 is 10.1 Å². The van der Waals surface area contributed by atoms with Crippen LogP contribution in [0.5, 0.6) is 5.75 Å². The Hall–Kier alpha value is -3.17. The van der Waals surface area contributed by atoms with Crippen LogP contribution in [0.2, 0.25) is 0 Å². The Balaban J connectivity index is 1.89. The summed E-state index contributed by atoms with van der Waals surface area (Å²) in [4.78, 5) is 23.3. The average molecular weight is 375 g/mol. The highest BCUT2D eigenvalue weighted by Crippen LogP contribution is 2.23. The molecule has 0 aliphatic heterocycles. The number of alkyl halides is 3. The molecule has 26 heavy (non-hydrogen) atoms. The maximum atomic E-state index is 13.4. The van der Waals surface area contributed by atoms with Crippen molar-refractivity contribution >= 4 is 17.6 Å².